The van der Waals surface area contributed by atoms with Crippen molar-refractivity contribution in [2.24, 2.45) is 0 Å². The standard InChI is InChI=1S/C24H24FN5O3S/c1-34(31,32)20-8-6-19(7-9-20)26-24-27-23-21(3-2-10-30(23)28-24)17-4-5-18(22(25)15-17)16-29-11-13-33-14-12-29/h2-10,15H,11-14,16H2,1H3,(H,26,28). The van der Waals surface area contributed by atoms with Crippen LogP contribution in [0.15, 0.2) is 65.7 Å². The van der Waals surface area contributed by atoms with Crippen LogP contribution in [0.4, 0.5) is 16.0 Å². The Morgan fingerprint density at radius 2 is 1.85 bits per heavy atom. The van der Waals surface area contributed by atoms with Gasteiger partial charge in [-0.05, 0) is 48.0 Å². The summed E-state index contributed by atoms with van der Waals surface area (Å²) in [4.78, 5) is 7.00. The molecule has 1 saturated heterocycles. The molecule has 5 rings (SSSR count). The second-order valence-electron chi connectivity index (χ2n) is 8.24. The Kier molecular flexibility index (Phi) is 6.03. The summed E-state index contributed by atoms with van der Waals surface area (Å²) in [5.74, 6) is 0.0961. The van der Waals surface area contributed by atoms with E-state index in [1.807, 2.05) is 24.3 Å². The topological polar surface area (TPSA) is 88.8 Å². The van der Waals surface area contributed by atoms with Crippen LogP contribution in [0.1, 0.15) is 5.56 Å². The number of hydrogen-bond donors (Lipinski definition) is 1. The third kappa shape index (κ3) is 4.79. The number of rotatable bonds is 6. The first kappa shape index (κ1) is 22.5. The number of nitrogens with zero attached hydrogens (tertiary/aromatic N) is 4. The van der Waals surface area contributed by atoms with E-state index in [-0.39, 0.29) is 10.7 Å². The highest BCUT2D eigenvalue weighted by Gasteiger charge is 2.16. The van der Waals surface area contributed by atoms with Gasteiger partial charge in [-0.3, -0.25) is 4.90 Å². The number of anilines is 2. The van der Waals surface area contributed by atoms with E-state index in [9.17, 15) is 12.8 Å². The Bertz CT molecular complexity index is 1430. The number of halogens is 1. The molecule has 2 aromatic carbocycles. The molecule has 0 spiro atoms. The number of fused-ring (bicyclic) bond motifs is 1. The Labute approximate surface area is 196 Å². The number of pyridine rings is 1. The molecular formula is C24H24FN5O3S. The van der Waals surface area contributed by atoms with Gasteiger partial charge in [-0.2, -0.15) is 4.98 Å². The quantitative estimate of drug-likeness (QED) is 0.451. The van der Waals surface area contributed by atoms with E-state index in [4.69, 9.17) is 4.74 Å². The lowest BCUT2D eigenvalue weighted by atomic mass is 10.0. The molecule has 1 N–H and O–H groups in total. The molecule has 0 amide bonds. The highest BCUT2D eigenvalue weighted by atomic mass is 32.2. The lowest BCUT2D eigenvalue weighted by molar-refractivity contribution is 0.0337. The van der Waals surface area contributed by atoms with Gasteiger partial charge in [0.15, 0.2) is 15.5 Å². The van der Waals surface area contributed by atoms with Crippen LogP contribution in [0.5, 0.6) is 0 Å². The van der Waals surface area contributed by atoms with Crippen molar-refractivity contribution in [3.05, 3.63) is 72.2 Å². The number of benzene rings is 2. The lowest BCUT2D eigenvalue weighted by Crippen LogP contribution is -2.35. The number of sulfone groups is 1. The first-order valence-electron chi connectivity index (χ1n) is 10.9. The van der Waals surface area contributed by atoms with Crippen molar-refractivity contribution in [2.75, 3.05) is 37.9 Å². The first-order chi connectivity index (χ1) is 16.4. The zero-order valence-corrected chi connectivity index (χ0v) is 19.4. The van der Waals surface area contributed by atoms with Gasteiger partial charge in [0.05, 0.1) is 18.1 Å². The Morgan fingerprint density at radius 1 is 1.09 bits per heavy atom. The van der Waals surface area contributed by atoms with Crippen LogP contribution in [0.3, 0.4) is 0 Å². The highest BCUT2D eigenvalue weighted by Crippen LogP contribution is 2.27. The van der Waals surface area contributed by atoms with E-state index < -0.39 is 9.84 Å². The smallest absolute Gasteiger partial charge is 0.247 e. The number of ether oxygens (including phenoxy) is 1. The van der Waals surface area contributed by atoms with E-state index in [1.54, 1.807) is 22.8 Å². The third-order valence-corrected chi connectivity index (χ3v) is 6.89. The van der Waals surface area contributed by atoms with E-state index in [1.165, 1.54) is 24.5 Å². The largest absolute Gasteiger partial charge is 0.379 e. The van der Waals surface area contributed by atoms with Gasteiger partial charge in [-0.25, -0.2) is 17.3 Å². The summed E-state index contributed by atoms with van der Waals surface area (Å²) in [5, 5.41) is 7.54. The maximum atomic E-state index is 14.9. The molecule has 1 aliphatic heterocycles. The van der Waals surface area contributed by atoms with Crippen LogP contribution < -0.4 is 5.32 Å². The van der Waals surface area contributed by atoms with Crippen LogP contribution in [-0.4, -0.2) is 60.5 Å². The van der Waals surface area contributed by atoms with Gasteiger partial charge in [-0.1, -0.05) is 12.1 Å². The van der Waals surface area contributed by atoms with Crippen LogP contribution in [0, 0.1) is 5.82 Å². The molecule has 3 heterocycles. The average molecular weight is 482 g/mol. The predicted octanol–water partition coefficient (Wildman–Crippen LogP) is 3.51. The van der Waals surface area contributed by atoms with Crippen molar-refractivity contribution in [1.29, 1.82) is 0 Å². The maximum Gasteiger partial charge on any atom is 0.247 e. The maximum absolute atomic E-state index is 14.9. The van der Waals surface area contributed by atoms with Crippen molar-refractivity contribution in [2.45, 2.75) is 11.4 Å². The van der Waals surface area contributed by atoms with E-state index >= 15 is 0 Å². The lowest BCUT2D eigenvalue weighted by Gasteiger charge is -2.26. The SMILES string of the molecule is CS(=O)(=O)c1ccc(Nc2nc3c(-c4ccc(CN5CCOCC5)c(F)c4)cccn3n2)cc1. The monoisotopic (exact) mass is 481 g/mol. The fraction of sp³-hybridized carbons (Fsp3) is 0.250. The summed E-state index contributed by atoms with van der Waals surface area (Å²) in [5.41, 5.74) is 3.36. The van der Waals surface area contributed by atoms with Crippen molar-refractivity contribution >= 4 is 27.1 Å². The van der Waals surface area contributed by atoms with Gasteiger partial charge < -0.3 is 10.1 Å². The minimum absolute atomic E-state index is 0.238. The van der Waals surface area contributed by atoms with Crippen molar-refractivity contribution in [3.63, 3.8) is 0 Å². The number of morpholine rings is 1. The van der Waals surface area contributed by atoms with Gasteiger partial charge in [0, 0.05) is 48.9 Å². The molecule has 8 nitrogen and oxygen atoms in total. The molecule has 34 heavy (non-hydrogen) atoms. The van der Waals surface area contributed by atoms with Gasteiger partial charge in [-0.15, -0.1) is 5.10 Å². The van der Waals surface area contributed by atoms with Crippen LogP contribution in [0.2, 0.25) is 0 Å². The minimum Gasteiger partial charge on any atom is -0.379 e. The van der Waals surface area contributed by atoms with Crippen molar-refractivity contribution < 1.29 is 17.5 Å². The summed E-state index contributed by atoms with van der Waals surface area (Å²) in [6.07, 6.45) is 2.94. The Balaban J connectivity index is 1.39. The second-order valence-corrected chi connectivity index (χ2v) is 10.3. The molecule has 0 bridgehead atoms. The van der Waals surface area contributed by atoms with Gasteiger partial charge in [0.25, 0.3) is 0 Å². The van der Waals surface area contributed by atoms with Gasteiger partial charge in [0.1, 0.15) is 5.82 Å². The molecule has 10 heteroatoms. The van der Waals surface area contributed by atoms with E-state index in [2.05, 4.69) is 20.3 Å². The molecular weight excluding hydrogens is 457 g/mol. The van der Waals surface area contributed by atoms with Crippen LogP contribution >= 0.6 is 0 Å². The number of hydrogen-bond acceptors (Lipinski definition) is 7. The number of aromatic nitrogens is 3. The van der Waals surface area contributed by atoms with Crippen LogP contribution in [-0.2, 0) is 21.1 Å². The molecule has 0 saturated carbocycles. The van der Waals surface area contributed by atoms with Crippen molar-refractivity contribution in [3.8, 4) is 11.1 Å². The molecule has 1 fully saturated rings. The van der Waals surface area contributed by atoms with E-state index in [0.717, 1.165) is 18.7 Å². The zero-order valence-electron chi connectivity index (χ0n) is 18.6. The molecule has 0 atom stereocenters. The van der Waals surface area contributed by atoms with Crippen molar-refractivity contribution in [1.82, 2.24) is 19.5 Å². The minimum atomic E-state index is -3.27. The molecule has 4 aromatic rings. The molecule has 1 aliphatic rings. The Hall–Kier alpha value is -3.34. The summed E-state index contributed by atoms with van der Waals surface area (Å²) in [6, 6.07) is 15.4. The molecule has 0 unspecified atom stereocenters. The number of nitrogens with one attached hydrogen (secondary N) is 1. The highest BCUT2D eigenvalue weighted by molar-refractivity contribution is 7.90. The normalized spacial score (nSPS) is 15.0. The fourth-order valence-electron chi connectivity index (χ4n) is 3.94. The summed E-state index contributed by atoms with van der Waals surface area (Å²) in [7, 11) is -3.27. The fourth-order valence-corrected chi connectivity index (χ4v) is 4.57. The summed E-state index contributed by atoms with van der Waals surface area (Å²) < 4.78 is 45.2. The molecule has 176 valence electrons. The predicted molar refractivity (Wildman–Crippen MR) is 127 cm³/mol. The summed E-state index contributed by atoms with van der Waals surface area (Å²) in [6.45, 7) is 3.50. The Morgan fingerprint density at radius 3 is 2.56 bits per heavy atom. The van der Waals surface area contributed by atoms with E-state index in [0.29, 0.717) is 48.2 Å². The molecule has 0 radical (unpaired) electrons. The zero-order chi connectivity index (χ0) is 23.7. The second kappa shape index (κ2) is 9.13. The van der Waals surface area contributed by atoms with Gasteiger partial charge >= 0.3 is 0 Å². The van der Waals surface area contributed by atoms with Crippen LogP contribution in [0.25, 0.3) is 16.8 Å². The third-order valence-electron chi connectivity index (χ3n) is 5.76. The van der Waals surface area contributed by atoms with Gasteiger partial charge in [0.2, 0.25) is 5.95 Å². The first-order valence-corrected chi connectivity index (χ1v) is 12.8. The molecule has 0 aliphatic carbocycles. The average Bonchev–Trinajstić information content (AvgIpc) is 3.23. The summed E-state index contributed by atoms with van der Waals surface area (Å²) >= 11 is 0. The molecule has 2 aromatic heterocycles.